The number of amides is 2. The number of nitrogens with zero attached hydrogens (tertiary/aromatic N) is 1. The quantitative estimate of drug-likeness (QED) is 0.630. The third-order valence-electron chi connectivity index (χ3n) is 5.41. The van der Waals surface area contributed by atoms with Crippen LogP contribution in [0.3, 0.4) is 0 Å². The highest BCUT2D eigenvalue weighted by atomic mass is 16.5. The second-order valence-corrected chi connectivity index (χ2v) is 7.34. The van der Waals surface area contributed by atoms with Crippen LogP contribution >= 0.6 is 0 Å². The van der Waals surface area contributed by atoms with E-state index >= 15 is 0 Å². The molecule has 2 fully saturated rings. The number of hydrogen-bond donors (Lipinski definition) is 3. The molecule has 0 aliphatic carbocycles. The van der Waals surface area contributed by atoms with Crippen LogP contribution < -0.4 is 10.6 Å². The number of hydrogen-bond acceptors (Lipinski definition) is 6. The lowest BCUT2D eigenvalue weighted by Crippen LogP contribution is -2.51. The zero-order valence-electron chi connectivity index (χ0n) is 16.0. The van der Waals surface area contributed by atoms with Crippen molar-refractivity contribution in [2.75, 3.05) is 26.4 Å². The minimum absolute atomic E-state index is 0.0405. The predicted octanol–water partition coefficient (Wildman–Crippen LogP) is 0.653. The van der Waals surface area contributed by atoms with Crippen LogP contribution in [0.25, 0.3) is 0 Å². The smallest absolute Gasteiger partial charge is 0.251 e. The lowest BCUT2D eigenvalue weighted by Gasteiger charge is -2.36. The lowest BCUT2D eigenvalue weighted by molar-refractivity contribution is -0.128. The molecule has 28 heavy (non-hydrogen) atoms. The van der Waals surface area contributed by atoms with Crippen LogP contribution in [-0.2, 0) is 14.3 Å². The van der Waals surface area contributed by atoms with Crippen LogP contribution in [0, 0.1) is 5.92 Å². The monoisotopic (exact) mass is 391 g/mol. The fraction of sp³-hybridized carbons (Fsp3) is 0.650. The summed E-state index contributed by atoms with van der Waals surface area (Å²) in [5.74, 6) is -0.0732. The van der Waals surface area contributed by atoms with Gasteiger partial charge in [0, 0.05) is 43.6 Å². The minimum Gasteiger partial charge on any atom is -0.394 e. The second-order valence-electron chi connectivity index (χ2n) is 7.34. The van der Waals surface area contributed by atoms with Gasteiger partial charge in [-0.05, 0) is 44.2 Å². The number of carbonyl (C=O) groups is 2. The van der Waals surface area contributed by atoms with Gasteiger partial charge in [-0.15, -0.1) is 0 Å². The number of rotatable bonds is 7. The molecule has 8 heteroatoms. The number of aromatic nitrogens is 1. The Hall–Kier alpha value is -2.03. The van der Waals surface area contributed by atoms with E-state index in [1.165, 1.54) is 0 Å². The van der Waals surface area contributed by atoms with Gasteiger partial charge in [0.15, 0.2) is 0 Å². The van der Waals surface area contributed by atoms with Gasteiger partial charge in [0.1, 0.15) is 6.10 Å². The van der Waals surface area contributed by atoms with Crippen LogP contribution in [0.4, 0.5) is 0 Å². The van der Waals surface area contributed by atoms with Crippen LogP contribution in [0.15, 0.2) is 24.5 Å². The average Bonchev–Trinajstić information content (AvgIpc) is 2.75. The molecule has 0 aromatic carbocycles. The van der Waals surface area contributed by atoms with Crippen LogP contribution in [0.2, 0.25) is 0 Å². The fourth-order valence-electron chi connectivity index (χ4n) is 3.72. The number of pyridine rings is 1. The Bertz CT molecular complexity index is 636. The zero-order valence-corrected chi connectivity index (χ0v) is 16.0. The molecule has 3 N–H and O–H groups in total. The molecule has 1 aromatic rings. The minimum atomic E-state index is -0.448. The third kappa shape index (κ3) is 5.73. The van der Waals surface area contributed by atoms with Gasteiger partial charge in [-0.1, -0.05) is 0 Å². The van der Waals surface area contributed by atoms with Crippen molar-refractivity contribution in [3.8, 4) is 0 Å². The summed E-state index contributed by atoms with van der Waals surface area (Å²) in [7, 11) is 0. The number of aliphatic hydroxyl groups excluding tert-OH is 1. The van der Waals surface area contributed by atoms with E-state index in [2.05, 4.69) is 15.6 Å². The molecule has 0 bridgehead atoms. The first-order valence-electron chi connectivity index (χ1n) is 10.00. The second kappa shape index (κ2) is 10.5. The molecular formula is C20H29N3O5. The summed E-state index contributed by atoms with van der Waals surface area (Å²) in [6.07, 6.45) is 6.38. The van der Waals surface area contributed by atoms with Crippen molar-refractivity contribution in [3.63, 3.8) is 0 Å². The van der Waals surface area contributed by atoms with Crippen molar-refractivity contribution in [1.82, 2.24) is 15.6 Å². The number of nitrogens with one attached hydrogen (secondary N) is 2. The average molecular weight is 391 g/mol. The van der Waals surface area contributed by atoms with E-state index in [0.29, 0.717) is 31.7 Å². The van der Waals surface area contributed by atoms with E-state index in [1.54, 1.807) is 24.5 Å². The van der Waals surface area contributed by atoms with Gasteiger partial charge in [-0.25, -0.2) is 0 Å². The predicted molar refractivity (Wildman–Crippen MR) is 102 cm³/mol. The van der Waals surface area contributed by atoms with Gasteiger partial charge in [0.25, 0.3) is 5.91 Å². The molecule has 8 nitrogen and oxygen atoms in total. The van der Waals surface area contributed by atoms with E-state index in [1.807, 2.05) is 0 Å². The van der Waals surface area contributed by atoms with Crippen molar-refractivity contribution in [2.24, 2.45) is 5.92 Å². The summed E-state index contributed by atoms with van der Waals surface area (Å²) in [6, 6.07) is 3.06. The molecule has 0 saturated carbocycles. The van der Waals surface area contributed by atoms with Gasteiger partial charge >= 0.3 is 0 Å². The van der Waals surface area contributed by atoms with E-state index in [-0.39, 0.29) is 36.5 Å². The Morgan fingerprint density at radius 1 is 1.14 bits per heavy atom. The Labute approximate surface area is 165 Å². The molecule has 0 unspecified atom stereocenters. The standard InChI is InChI=1S/C20H29N3O5/c24-13-18-17(23-20(26)14-3-8-21-9-4-14)2-1-16(28-18)5-10-22-19(25)15-6-11-27-12-7-15/h3-4,8-9,15-18,24H,1-2,5-7,10-13H2,(H,22,25)(H,23,26)/t16-,17+,18+/m0/s1. The first-order valence-corrected chi connectivity index (χ1v) is 10.00. The normalized spacial score (nSPS) is 25.8. The molecule has 0 spiro atoms. The summed E-state index contributed by atoms with van der Waals surface area (Å²) in [6.45, 7) is 1.68. The topological polar surface area (TPSA) is 110 Å². The maximum atomic E-state index is 12.3. The fourth-order valence-corrected chi connectivity index (χ4v) is 3.72. The molecular weight excluding hydrogens is 362 g/mol. The van der Waals surface area contributed by atoms with Crippen molar-refractivity contribution < 1.29 is 24.2 Å². The largest absolute Gasteiger partial charge is 0.394 e. The summed E-state index contributed by atoms with van der Waals surface area (Å²) in [4.78, 5) is 28.4. The Kier molecular flexibility index (Phi) is 7.76. The maximum Gasteiger partial charge on any atom is 0.251 e. The van der Waals surface area contributed by atoms with E-state index in [0.717, 1.165) is 25.7 Å². The zero-order chi connectivity index (χ0) is 19.8. The van der Waals surface area contributed by atoms with Crippen molar-refractivity contribution >= 4 is 11.8 Å². The van der Waals surface area contributed by atoms with Gasteiger partial charge in [-0.3, -0.25) is 14.6 Å². The SMILES string of the molecule is O=C(N[C@@H]1CC[C@@H](CCNC(=O)C2CCOCC2)O[C@@H]1CO)c1ccncc1. The molecule has 3 heterocycles. The Morgan fingerprint density at radius 2 is 1.89 bits per heavy atom. The van der Waals surface area contributed by atoms with E-state index in [4.69, 9.17) is 9.47 Å². The van der Waals surface area contributed by atoms with Crippen LogP contribution in [-0.4, -0.2) is 66.5 Å². The molecule has 1 aromatic heterocycles. The van der Waals surface area contributed by atoms with Crippen LogP contribution in [0.1, 0.15) is 42.5 Å². The molecule has 3 rings (SSSR count). The maximum absolute atomic E-state index is 12.3. The van der Waals surface area contributed by atoms with Crippen molar-refractivity contribution in [3.05, 3.63) is 30.1 Å². The Morgan fingerprint density at radius 3 is 2.61 bits per heavy atom. The number of ether oxygens (including phenoxy) is 2. The molecule has 2 aliphatic rings. The van der Waals surface area contributed by atoms with Gasteiger partial charge in [0.05, 0.1) is 18.8 Å². The summed E-state index contributed by atoms with van der Waals surface area (Å²) >= 11 is 0. The van der Waals surface area contributed by atoms with Gasteiger partial charge in [0.2, 0.25) is 5.91 Å². The van der Waals surface area contributed by atoms with E-state index < -0.39 is 6.10 Å². The van der Waals surface area contributed by atoms with Gasteiger partial charge < -0.3 is 25.2 Å². The summed E-state index contributed by atoms with van der Waals surface area (Å²) < 4.78 is 11.2. The first kappa shape index (κ1) is 20.7. The van der Waals surface area contributed by atoms with E-state index in [9.17, 15) is 14.7 Å². The molecule has 0 radical (unpaired) electrons. The molecule has 3 atom stereocenters. The molecule has 2 saturated heterocycles. The molecule has 2 amide bonds. The Balaban J connectivity index is 1.41. The number of aliphatic hydroxyl groups is 1. The highest BCUT2D eigenvalue weighted by molar-refractivity contribution is 5.94. The number of carbonyl (C=O) groups excluding carboxylic acids is 2. The third-order valence-corrected chi connectivity index (χ3v) is 5.41. The van der Waals surface area contributed by atoms with Crippen molar-refractivity contribution in [1.29, 1.82) is 0 Å². The van der Waals surface area contributed by atoms with Crippen LogP contribution in [0.5, 0.6) is 0 Å². The highest BCUT2D eigenvalue weighted by Gasteiger charge is 2.32. The summed E-state index contributed by atoms with van der Waals surface area (Å²) in [5, 5.41) is 15.6. The van der Waals surface area contributed by atoms with Crippen molar-refractivity contribution in [2.45, 2.75) is 50.4 Å². The molecule has 154 valence electrons. The van der Waals surface area contributed by atoms with Gasteiger partial charge in [-0.2, -0.15) is 0 Å². The lowest BCUT2D eigenvalue weighted by atomic mass is 9.96. The molecule has 2 aliphatic heterocycles. The first-order chi connectivity index (χ1) is 13.7. The summed E-state index contributed by atoms with van der Waals surface area (Å²) in [5.41, 5.74) is 0.532. The highest BCUT2D eigenvalue weighted by Crippen LogP contribution is 2.22.